The molecule has 0 spiro atoms. The Hall–Kier alpha value is -3.48. The second kappa shape index (κ2) is 9.77. The molecule has 2 amide bonds. The third-order valence-electron chi connectivity index (χ3n) is 5.54. The normalized spacial score (nSPS) is 14.5. The minimum Gasteiger partial charge on any atom is -0.453 e. The first kappa shape index (κ1) is 23.2. The minimum atomic E-state index is -1.01. The quantitative estimate of drug-likeness (QED) is 0.532. The van der Waals surface area contributed by atoms with E-state index in [4.69, 9.17) is 4.74 Å². The van der Waals surface area contributed by atoms with E-state index in [9.17, 15) is 19.2 Å². The first-order valence-corrected chi connectivity index (χ1v) is 10.7. The van der Waals surface area contributed by atoms with Crippen molar-refractivity contribution in [3.63, 3.8) is 0 Å². The predicted octanol–water partition coefficient (Wildman–Crippen LogP) is 3.16. The smallest absolute Gasteiger partial charge is 0.329 e. The number of carbonyl (C=O) groups excluding carboxylic acids is 4. The topological polar surface area (TPSA) is 92.8 Å². The van der Waals surface area contributed by atoms with Gasteiger partial charge in [0.05, 0.1) is 0 Å². The lowest BCUT2D eigenvalue weighted by molar-refractivity contribution is -0.149. The molecule has 7 heteroatoms. The first-order chi connectivity index (χ1) is 15.2. The van der Waals surface area contributed by atoms with Gasteiger partial charge in [0.15, 0.2) is 6.10 Å². The van der Waals surface area contributed by atoms with Gasteiger partial charge in [0.25, 0.3) is 5.91 Å². The number of anilines is 1. The fraction of sp³-hybridized carbons (Fsp3) is 0.360. The van der Waals surface area contributed by atoms with Crippen LogP contribution in [0.2, 0.25) is 0 Å². The molecule has 3 rings (SSSR count). The lowest BCUT2D eigenvalue weighted by atomic mass is 10.0. The standard InChI is InChI=1S/C25H28N2O5/c1-15(2)22(26-24(30)18-8-6-5-7-9-18)25(31)32-16(3)23(29)20-10-11-21-19(14-20)12-13-27(21)17(4)28/h5-11,14-16,22H,12-13H2,1-4H3,(H,26,30). The molecule has 0 aliphatic carbocycles. The van der Waals surface area contributed by atoms with E-state index in [-0.39, 0.29) is 23.5 Å². The number of nitrogens with one attached hydrogen (secondary N) is 1. The van der Waals surface area contributed by atoms with Gasteiger partial charge in [0.2, 0.25) is 11.7 Å². The highest BCUT2D eigenvalue weighted by Gasteiger charge is 2.30. The average molecular weight is 437 g/mol. The van der Waals surface area contributed by atoms with Crippen LogP contribution in [0, 0.1) is 5.92 Å². The molecule has 0 saturated heterocycles. The van der Waals surface area contributed by atoms with Gasteiger partial charge in [-0.3, -0.25) is 14.4 Å². The van der Waals surface area contributed by atoms with Gasteiger partial charge >= 0.3 is 5.97 Å². The van der Waals surface area contributed by atoms with E-state index in [0.717, 1.165) is 11.3 Å². The van der Waals surface area contributed by atoms with E-state index < -0.39 is 18.1 Å². The Kier molecular flexibility index (Phi) is 7.08. The van der Waals surface area contributed by atoms with Crippen molar-refractivity contribution in [2.24, 2.45) is 5.92 Å². The van der Waals surface area contributed by atoms with Crippen molar-refractivity contribution in [1.29, 1.82) is 0 Å². The molecule has 1 aliphatic rings. The summed E-state index contributed by atoms with van der Waals surface area (Å²) in [4.78, 5) is 51.5. The summed E-state index contributed by atoms with van der Waals surface area (Å²) in [5.41, 5.74) is 2.58. The molecule has 1 aliphatic heterocycles. The number of carbonyl (C=O) groups is 4. The van der Waals surface area contributed by atoms with Crippen molar-refractivity contribution in [3.05, 3.63) is 65.2 Å². The lowest BCUT2D eigenvalue weighted by Gasteiger charge is -2.23. The number of esters is 1. The van der Waals surface area contributed by atoms with Gasteiger partial charge in [-0.25, -0.2) is 4.79 Å². The Labute approximate surface area is 187 Å². The van der Waals surface area contributed by atoms with Crippen LogP contribution in [0.25, 0.3) is 0 Å². The fourth-order valence-corrected chi connectivity index (χ4v) is 3.73. The zero-order valence-corrected chi connectivity index (χ0v) is 18.8. The maximum absolute atomic E-state index is 12.9. The summed E-state index contributed by atoms with van der Waals surface area (Å²) in [6.45, 7) is 7.21. The number of ketones is 1. The van der Waals surface area contributed by atoms with Crippen molar-refractivity contribution < 1.29 is 23.9 Å². The Bertz CT molecular complexity index is 1030. The zero-order valence-electron chi connectivity index (χ0n) is 18.8. The largest absolute Gasteiger partial charge is 0.453 e. The summed E-state index contributed by atoms with van der Waals surface area (Å²) in [5.74, 6) is -1.64. The van der Waals surface area contributed by atoms with Crippen molar-refractivity contribution in [2.75, 3.05) is 11.4 Å². The number of amides is 2. The summed E-state index contributed by atoms with van der Waals surface area (Å²) in [7, 11) is 0. The Morgan fingerprint density at radius 1 is 0.969 bits per heavy atom. The predicted molar refractivity (Wildman–Crippen MR) is 121 cm³/mol. The van der Waals surface area contributed by atoms with Crippen LogP contribution in [-0.2, 0) is 20.7 Å². The second-order valence-electron chi connectivity index (χ2n) is 8.27. The molecule has 32 heavy (non-hydrogen) atoms. The molecule has 168 valence electrons. The molecule has 0 saturated carbocycles. The highest BCUT2D eigenvalue weighted by atomic mass is 16.5. The van der Waals surface area contributed by atoms with Crippen LogP contribution in [0.5, 0.6) is 0 Å². The van der Waals surface area contributed by atoms with E-state index in [1.807, 2.05) is 0 Å². The molecule has 2 atom stereocenters. The van der Waals surface area contributed by atoms with E-state index >= 15 is 0 Å². The van der Waals surface area contributed by atoms with Gasteiger partial charge in [-0.1, -0.05) is 32.0 Å². The number of ether oxygens (including phenoxy) is 1. The maximum atomic E-state index is 12.9. The van der Waals surface area contributed by atoms with Gasteiger partial charge in [0.1, 0.15) is 6.04 Å². The molecular weight excluding hydrogens is 408 g/mol. The van der Waals surface area contributed by atoms with Crippen LogP contribution in [-0.4, -0.2) is 42.3 Å². The monoisotopic (exact) mass is 436 g/mol. The van der Waals surface area contributed by atoms with Gasteiger partial charge in [-0.2, -0.15) is 0 Å². The second-order valence-corrected chi connectivity index (χ2v) is 8.27. The van der Waals surface area contributed by atoms with E-state index in [1.165, 1.54) is 13.8 Å². The number of hydrogen-bond acceptors (Lipinski definition) is 5. The lowest BCUT2D eigenvalue weighted by Crippen LogP contribution is -2.46. The van der Waals surface area contributed by atoms with E-state index in [0.29, 0.717) is 24.1 Å². The Morgan fingerprint density at radius 3 is 2.28 bits per heavy atom. The Morgan fingerprint density at radius 2 is 1.66 bits per heavy atom. The molecule has 1 heterocycles. The van der Waals surface area contributed by atoms with Crippen molar-refractivity contribution >= 4 is 29.3 Å². The van der Waals surface area contributed by atoms with Gasteiger partial charge in [-0.15, -0.1) is 0 Å². The summed E-state index contributed by atoms with van der Waals surface area (Å²) >= 11 is 0. The van der Waals surface area contributed by atoms with E-state index in [2.05, 4.69) is 5.32 Å². The first-order valence-electron chi connectivity index (χ1n) is 10.7. The number of Topliss-reactive ketones (excluding diaryl/α,β-unsaturated/α-hetero) is 1. The average Bonchev–Trinajstić information content (AvgIpc) is 3.20. The summed E-state index contributed by atoms with van der Waals surface area (Å²) in [6, 6.07) is 12.9. The SMILES string of the molecule is CC(=O)N1CCc2cc(C(=O)C(C)OC(=O)C(NC(=O)c3ccccc3)C(C)C)ccc21. The maximum Gasteiger partial charge on any atom is 0.329 e. The molecule has 2 unspecified atom stereocenters. The third-order valence-corrected chi connectivity index (χ3v) is 5.54. The summed E-state index contributed by atoms with van der Waals surface area (Å²) in [5, 5.41) is 2.70. The third kappa shape index (κ3) is 5.04. The number of fused-ring (bicyclic) bond motifs is 1. The number of hydrogen-bond donors (Lipinski definition) is 1. The molecule has 2 aromatic rings. The van der Waals surface area contributed by atoms with Crippen molar-refractivity contribution in [1.82, 2.24) is 5.32 Å². The molecule has 7 nitrogen and oxygen atoms in total. The molecular formula is C25H28N2O5. The van der Waals surface area contributed by atoms with Crippen molar-refractivity contribution in [3.8, 4) is 0 Å². The van der Waals surface area contributed by atoms with Crippen molar-refractivity contribution in [2.45, 2.75) is 46.3 Å². The molecule has 0 bridgehead atoms. The highest BCUT2D eigenvalue weighted by Crippen LogP contribution is 2.29. The van der Waals surface area contributed by atoms with Gasteiger partial charge in [-0.05, 0) is 55.2 Å². The number of nitrogens with zero attached hydrogens (tertiary/aromatic N) is 1. The van der Waals surface area contributed by atoms with Crippen LogP contribution in [0.4, 0.5) is 5.69 Å². The van der Waals surface area contributed by atoms with Crippen LogP contribution in [0.1, 0.15) is 54.0 Å². The van der Waals surface area contributed by atoms with Crippen LogP contribution in [0.3, 0.4) is 0 Å². The minimum absolute atomic E-state index is 0.0394. The summed E-state index contributed by atoms with van der Waals surface area (Å²) < 4.78 is 5.44. The van der Waals surface area contributed by atoms with Crippen LogP contribution < -0.4 is 10.2 Å². The van der Waals surface area contributed by atoms with Crippen LogP contribution >= 0.6 is 0 Å². The van der Waals surface area contributed by atoms with Crippen LogP contribution in [0.15, 0.2) is 48.5 Å². The Balaban J connectivity index is 1.67. The molecule has 2 aromatic carbocycles. The fourth-order valence-electron chi connectivity index (χ4n) is 3.73. The zero-order chi connectivity index (χ0) is 23.4. The van der Waals surface area contributed by atoms with Gasteiger partial charge in [0, 0.05) is 30.3 Å². The molecule has 0 aromatic heterocycles. The summed E-state index contributed by atoms with van der Waals surface area (Å²) in [6.07, 6.45) is -0.341. The molecule has 0 fully saturated rings. The number of benzene rings is 2. The number of rotatable bonds is 7. The highest BCUT2D eigenvalue weighted by molar-refractivity contribution is 6.02. The van der Waals surface area contributed by atoms with E-state index in [1.54, 1.807) is 67.3 Å². The molecule has 0 radical (unpaired) electrons. The van der Waals surface area contributed by atoms with Gasteiger partial charge < -0.3 is 15.0 Å². The molecule has 1 N–H and O–H groups in total.